The van der Waals surface area contributed by atoms with Crippen molar-refractivity contribution in [1.29, 1.82) is 0 Å². The van der Waals surface area contributed by atoms with Gasteiger partial charge in [0, 0.05) is 31.2 Å². The van der Waals surface area contributed by atoms with Gasteiger partial charge in [0.15, 0.2) is 5.71 Å². The van der Waals surface area contributed by atoms with Crippen molar-refractivity contribution >= 4 is 11.6 Å². The summed E-state index contributed by atoms with van der Waals surface area (Å²) in [6, 6.07) is 14.7. The third-order valence-corrected chi connectivity index (χ3v) is 4.73. The van der Waals surface area contributed by atoms with Crippen LogP contribution in [-0.2, 0) is 9.63 Å². The number of benzene rings is 1. The Morgan fingerprint density at radius 1 is 0.833 bits per heavy atom. The van der Waals surface area contributed by atoms with Gasteiger partial charge in [-0.1, -0.05) is 82.1 Å². The van der Waals surface area contributed by atoms with Gasteiger partial charge in [-0.2, -0.15) is 4.98 Å². The highest BCUT2D eigenvalue weighted by Gasteiger charge is 2.26. The number of nitrogens with one attached hydrogen (secondary N) is 1. The molecule has 0 saturated carbocycles. The molecule has 1 heterocycles. The molecule has 1 N–H and O–H groups in total. The van der Waals surface area contributed by atoms with Crippen molar-refractivity contribution in [3.05, 3.63) is 71.0 Å². The number of nitrogens with zero attached hydrogens (tertiary/aromatic N) is 2. The zero-order chi connectivity index (χ0) is 27.5. The molecule has 0 unspecified atom stereocenters. The maximum absolute atomic E-state index is 12.4. The second kappa shape index (κ2) is 18.7. The fourth-order valence-corrected chi connectivity index (χ4v) is 3.01. The van der Waals surface area contributed by atoms with E-state index in [9.17, 15) is 4.79 Å². The number of rotatable bonds is 7. The number of pyridine rings is 1. The molecule has 0 saturated heterocycles. The van der Waals surface area contributed by atoms with Gasteiger partial charge in [-0.05, 0) is 32.4 Å². The molecule has 0 fully saturated rings. The van der Waals surface area contributed by atoms with Crippen LogP contribution >= 0.6 is 0 Å². The average molecular weight is 498 g/mol. The van der Waals surface area contributed by atoms with Crippen molar-refractivity contribution in [2.75, 3.05) is 14.2 Å². The van der Waals surface area contributed by atoms with E-state index in [1.807, 2.05) is 85.7 Å². The minimum Gasteiger partial charge on any atom is -0.443 e. The van der Waals surface area contributed by atoms with Crippen LogP contribution in [0.1, 0.15) is 68.2 Å². The molecule has 36 heavy (non-hydrogen) atoms. The van der Waals surface area contributed by atoms with Gasteiger partial charge in [0.2, 0.25) is 11.8 Å². The molecule has 0 radical (unpaired) electrons. The summed E-state index contributed by atoms with van der Waals surface area (Å²) in [6.45, 7) is 16.1. The van der Waals surface area contributed by atoms with Crippen LogP contribution in [-0.4, -0.2) is 30.8 Å². The van der Waals surface area contributed by atoms with E-state index >= 15 is 0 Å². The number of hydrogen-bond donors (Lipinski definition) is 1. The smallest absolute Gasteiger partial charge is 0.273 e. The zero-order valence-corrected chi connectivity index (χ0v) is 23.6. The highest BCUT2D eigenvalue weighted by atomic mass is 16.6. The van der Waals surface area contributed by atoms with Gasteiger partial charge in [0.1, 0.15) is 18.6 Å². The predicted molar refractivity (Wildman–Crippen MR) is 149 cm³/mol. The number of aromatic nitrogens is 1. The Bertz CT molecular complexity index is 1010. The maximum atomic E-state index is 12.4. The van der Waals surface area contributed by atoms with Crippen molar-refractivity contribution < 1.29 is 19.1 Å². The van der Waals surface area contributed by atoms with Crippen LogP contribution in [0, 0.1) is 0 Å². The summed E-state index contributed by atoms with van der Waals surface area (Å²) in [7, 11) is 2.96. The van der Waals surface area contributed by atoms with Gasteiger partial charge in [-0.3, -0.25) is 4.79 Å². The molecule has 0 spiro atoms. The van der Waals surface area contributed by atoms with Gasteiger partial charge < -0.3 is 19.6 Å². The number of carbonyl (C=O) groups excluding carboxylic acids is 1. The fourth-order valence-electron chi connectivity index (χ4n) is 3.01. The predicted octanol–water partition coefficient (Wildman–Crippen LogP) is 7.46. The summed E-state index contributed by atoms with van der Waals surface area (Å²) in [6.07, 6.45) is 1.09. The molecule has 0 aliphatic heterocycles. The Balaban J connectivity index is 0.00000190. The summed E-state index contributed by atoms with van der Waals surface area (Å²) in [5.74, 6) is 1.74. The van der Waals surface area contributed by atoms with Crippen molar-refractivity contribution in [3.8, 4) is 17.5 Å². The van der Waals surface area contributed by atoms with Crippen LogP contribution in [0.15, 0.2) is 76.2 Å². The van der Waals surface area contributed by atoms with Gasteiger partial charge in [0.05, 0.1) is 0 Å². The topological polar surface area (TPSA) is 82.0 Å². The van der Waals surface area contributed by atoms with E-state index in [2.05, 4.69) is 15.5 Å². The highest BCUT2D eigenvalue weighted by molar-refractivity contribution is 6.45. The van der Waals surface area contributed by atoms with Gasteiger partial charge in [-0.15, -0.1) is 0 Å². The number of carbonyl (C=O) groups is 1. The van der Waals surface area contributed by atoms with Crippen molar-refractivity contribution in [3.63, 3.8) is 0 Å². The number of allylic oxidation sites excluding steroid dienone is 2. The summed E-state index contributed by atoms with van der Waals surface area (Å²) < 4.78 is 11.9. The van der Waals surface area contributed by atoms with Gasteiger partial charge in [-0.25, -0.2) is 0 Å². The van der Waals surface area contributed by atoms with E-state index in [1.165, 1.54) is 18.3 Å². The summed E-state index contributed by atoms with van der Waals surface area (Å²) in [5.41, 5.74) is 3.22. The van der Waals surface area contributed by atoms with E-state index in [0.717, 1.165) is 0 Å². The van der Waals surface area contributed by atoms with E-state index in [-0.39, 0.29) is 11.6 Å². The molecule has 1 aliphatic rings. The molecule has 2 aromatic rings. The second-order valence-corrected chi connectivity index (χ2v) is 6.85. The van der Waals surface area contributed by atoms with Crippen LogP contribution in [0.5, 0.6) is 17.5 Å². The maximum Gasteiger partial charge on any atom is 0.273 e. The van der Waals surface area contributed by atoms with Crippen LogP contribution in [0.25, 0.3) is 0 Å². The first kappa shape index (κ1) is 32.4. The molecule has 0 atom stereocenters. The molecule has 3 rings (SSSR count). The number of para-hydroxylation sites is 1. The Morgan fingerprint density at radius 3 is 1.94 bits per heavy atom. The van der Waals surface area contributed by atoms with Gasteiger partial charge >= 0.3 is 0 Å². The quantitative estimate of drug-likeness (QED) is 0.244. The van der Waals surface area contributed by atoms with Gasteiger partial charge in [0.25, 0.3) is 5.91 Å². The first-order valence-electron chi connectivity index (χ1n) is 12.6. The second-order valence-electron chi connectivity index (χ2n) is 6.85. The SMILES string of the molecule is CC.CC.CC.CNC(=O)/C(=N\OC)C1=C(Oc2cccc(Oc3ccccc3)n2)CC(C)=C(C)C1. The fraction of sp³-hybridized carbons (Fsp3) is 0.414. The Hall–Kier alpha value is -3.61. The summed E-state index contributed by atoms with van der Waals surface area (Å²) >= 11 is 0. The first-order valence-corrected chi connectivity index (χ1v) is 12.6. The largest absolute Gasteiger partial charge is 0.443 e. The highest BCUT2D eigenvalue weighted by Crippen LogP contribution is 2.32. The minimum absolute atomic E-state index is 0.193. The van der Waals surface area contributed by atoms with Crippen LogP contribution in [0.3, 0.4) is 0 Å². The monoisotopic (exact) mass is 497 g/mol. The molecule has 7 heteroatoms. The molecule has 1 aromatic heterocycles. The van der Waals surface area contributed by atoms with Crippen LogP contribution in [0.4, 0.5) is 0 Å². The van der Waals surface area contributed by atoms with Crippen molar-refractivity contribution in [2.45, 2.75) is 68.2 Å². The lowest BCUT2D eigenvalue weighted by Crippen LogP contribution is -2.31. The molecular weight excluding hydrogens is 454 g/mol. The van der Waals surface area contributed by atoms with E-state index in [4.69, 9.17) is 14.3 Å². The standard InChI is InChI=1S/C23H25N3O4.3C2H6/c1-15-13-18(22(26-28-4)23(27)24-3)19(14-16(15)2)30-21-12-8-11-20(25-21)29-17-9-6-5-7-10-17;3*1-2/h5-12H,13-14H2,1-4H3,(H,24,27);3*1-2H3/b26-22-;;;. The third-order valence-electron chi connectivity index (χ3n) is 4.73. The average Bonchev–Trinajstić information content (AvgIpc) is 2.93. The molecule has 7 nitrogen and oxygen atoms in total. The lowest BCUT2D eigenvalue weighted by Gasteiger charge is -2.23. The van der Waals surface area contributed by atoms with E-state index in [0.29, 0.717) is 41.7 Å². The van der Waals surface area contributed by atoms with E-state index < -0.39 is 0 Å². The Morgan fingerprint density at radius 2 is 1.39 bits per heavy atom. The zero-order valence-electron chi connectivity index (χ0n) is 23.6. The van der Waals surface area contributed by atoms with Crippen molar-refractivity contribution in [1.82, 2.24) is 10.3 Å². The Kier molecular flexibility index (Phi) is 16.8. The van der Waals surface area contributed by atoms with Crippen LogP contribution in [0.2, 0.25) is 0 Å². The lowest BCUT2D eigenvalue weighted by molar-refractivity contribution is -0.114. The van der Waals surface area contributed by atoms with E-state index in [1.54, 1.807) is 25.2 Å². The third kappa shape index (κ3) is 9.94. The normalized spacial score (nSPS) is 12.6. The molecule has 0 bridgehead atoms. The molecule has 1 aliphatic carbocycles. The Labute approximate surface area is 217 Å². The number of ether oxygens (including phenoxy) is 2. The first-order chi connectivity index (χ1) is 17.5. The van der Waals surface area contributed by atoms with Crippen molar-refractivity contribution in [2.24, 2.45) is 5.16 Å². The lowest BCUT2D eigenvalue weighted by atomic mass is 9.89. The number of oxime groups is 1. The minimum atomic E-state index is -0.338. The molecular formula is C29H43N3O4. The van der Waals surface area contributed by atoms with Crippen LogP contribution < -0.4 is 14.8 Å². The number of amides is 1. The summed E-state index contributed by atoms with van der Waals surface area (Å²) in [5, 5.41) is 6.55. The molecule has 198 valence electrons. The molecule has 1 aromatic carbocycles. The molecule has 1 amide bonds. The number of hydrogen-bond acceptors (Lipinski definition) is 6. The summed E-state index contributed by atoms with van der Waals surface area (Å²) in [4.78, 5) is 21.7.